The molecule has 0 bridgehead atoms. The fourth-order valence-corrected chi connectivity index (χ4v) is 2.99. The zero-order valence-electron chi connectivity index (χ0n) is 10.5. The number of hydrogen-bond donors (Lipinski definition) is 1. The van der Waals surface area contributed by atoms with Gasteiger partial charge in [0.15, 0.2) is 0 Å². The molecule has 0 radical (unpaired) electrons. The summed E-state index contributed by atoms with van der Waals surface area (Å²) in [5, 5.41) is 0. The first kappa shape index (κ1) is 14.7. The van der Waals surface area contributed by atoms with Gasteiger partial charge in [0.25, 0.3) is 0 Å². The van der Waals surface area contributed by atoms with Crippen LogP contribution in [0.1, 0.15) is 22.7 Å². The molecule has 0 aliphatic rings. The third-order valence-electron chi connectivity index (χ3n) is 3.09. The lowest BCUT2D eigenvalue weighted by Crippen LogP contribution is -2.14. The Hall–Kier alpha value is -0.710. The van der Waals surface area contributed by atoms with Gasteiger partial charge in [0, 0.05) is 10.5 Å². The van der Waals surface area contributed by atoms with Crippen molar-refractivity contribution >= 4 is 31.9 Å². The van der Waals surface area contributed by atoms with Crippen LogP contribution < -0.4 is 5.73 Å². The summed E-state index contributed by atoms with van der Waals surface area (Å²) in [7, 11) is 0. The van der Waals surface area contributed by atoms with E-state index in [1.54, 1.807) is 6.07 Å². The summed E-state index contributed by atoms with van der Waals surface area (Å²) >= 11 is 6.83. The second-order valence-corrected chi connectivity index (χ2v) is 6.09. The summed E-state index contributed by atoms with van der Waals surface area (Å²) in [6.07, 6.45) is 0.584. The quantitative estimate of drug-likeness (QED) is 0.797. The molecule has 19 heavy (non-hydrogen) atoms. The molecule has 4 heteroatoms. The highest BCUT2D eigenvalue weighted by atomic mass is 79.9. The Kier molecular flexibility index (Phi) is 4.76. The zero-order valence-corrected chi connectivity index (χ0v) is 13.6. The first-order chi connectivity index (χ1) is 9.00. The first-order valence-electron chi connectivity index (χ1n) is 5.94. The van der Waals surface area contributed by atoms with Crippen molar-refractivity contribution in [2.24, 2.45) is 5.73 Å². The van der Waals surface area contributed by atoms with E-state index in [9.17, 15) is 4.39 Å². The Morgan fingerprint density at radius 1 is 1.11 bits per heavy atom. The van der Waals surface area contributed by atoms with Crippen molar-refractivity contribution in [1.82, 2.24) is 0 Å². The Morgan fingerprint density at radius 2 is 1.79 bits per heavy atom. The molecule has 0 spiro atoms. The molecule has 0 saturated carbocycles. The van der Waals surface area contributed by atoms with Crippen LogP contribution in [0.4, 0.5) is 4.39 Å². The van der Waals surface area contributed by atoms with Gasteiger partial charge in [0.05, 0.1) is 4.47 Å². The van der Waals surface area contributed by atoms with Gasteiger partial charge in [-0.05, 0) is 52.0 Å². The Morgan fingerprint density at radius 3 is 2.53 bits per heavy atom. The molecule has 0 amide bonds. The molecule has 1 unspecified atom stereocenters. The van der Waals surface area contributed by atoms with Crippen LogP contribution in [-0.2, 0) is 6.42 Å². The standard InChI is InChI=1S/C15H14Br2FN/c1-9-4-2-6-11(14(9)16)13(19)8-10-5-3-7-12(18)15(10)17/h2-7,13H,8,19H2,1H3. The van der Waals surface area contributed by atoms with Gasteiger partial charge in [-0.3, -0.25) is 0 Å². The molecule has 2 N–H and O–H groups in total. The molecule has 100 valence electrons. The van der Waals surface area contributed by atoms with Crippen molar-refractivity contribution in [3.05, 3.63) is 67.9 Å². The van der Waals surface area contributed by atoms with Gasteiger partial charge in [0.1, 0.15) is 5.82 Å². The van der Waals surface area contributed by atoms with Crippen LogP contribution in [0.15, 0.2) is 45.3 Å². The fourth-order valence-electron chi connectivity index (χ4n) is 2.01. The van der Waals surface area contributed by atoms with Crippen LogP contribution >= 0.6 is 31.9 Å². The highest BCUT2D eigenvalue weighted by molar-refractivity contribution is 9.10. The molecule has 2 aromatic carbocycles. The maximum absolute atomic E-state index is 13.5. The van der Waals surface area contributed by atoms with Gasteiger partial charge < -0.3 is 5.73 Å². The van der Waals surface area contributed by atoms with E-state index in [1.807, 2.05) is 31.2 Å². The number of benzene rings is 2. The molecular weight excluding hydrogens is 373 g/mol. The Balaban J connectivity index is 2.28. The largest absolute Gasteiger partial charge is 0.324 e. The minimum Gasteiger partial charge on any atom is -0.324 e. The molecule has 0 aromatic heterocycles. The van der Waals surface area contributed by atoms with E-state index < -0.39 is 0 Å². The molecule has 0 saturated heterocycles. The molecule has 1 atom stereocenters. The van der Waals surface area contributed by atoms with Crippen LogP contribution in [0.2, 0.25) is 0 Å². The number of hydrogen-bond acceptors (Lipinski definition) is 1. The summed E-state index contributed by atoms with van der Waals surface area (Å²) < 4.78 is 15.0. The lowest BCUT2D eigenvalue weighted by Gasteiger charge is -2.16. The number of halogens is 3. The highest BCUT2D eigenvalue weighted by Crippen LogP contribution is 2.29. The molecule has 0 heterocycles. The van der Waals surface area contributed by atoms with E-state index in [4.69, 9.17) is 5.73 Å². The SMILES string of the molecule is Cc1cccc(C(N)Cc2cccc(F)c2Br)c1Br. The number of aryl methyl sites for hydroxylation is 1. The maximum atomic E-state index is 13.5. The zero-order chi connectivity index (χ0) is 14.0. The molecule has 2 rings (SSSR count). The van der Waals surface area contributed by atoms with Crippen molar-refractivity contribution in [2.75, 3.05) is 0 Å². The van der Waals surface area contributed by atoms with E-state index in [0.29, 0.717) is 10.9 Å². The van der Waals surface area contributed by atoms with Crippen molar-refractivity contribution in [3.8, 4) is 0 Å². The Labute approximate surface area is 129 Å². The topological polar surface area (TPSA) is 26.0 Å². The Bertz CT molecular complexity index is 599. The monoisotopic (exact) mass is 385 g/mol. The summed E-state index contributed by atoms with van der Waals surface area (Å²) in [5.41, 5.74) is 9.30. The van der Waals surface area contributed by atoms with E-state index >= 15 is 0 Å². The van der Waals surface area contributed by atoms with E-state index in [0.717, 1.165) is 21.2 Å². The average molecular weight is 387 g/mol. The average Bonchev–Trinajstić information content (AvgIpc) is 2.38. The molecule has 0 aliphatic heterocycles. The third kappa shape index (κ3) is 3.25. The van der Waals surface area contributed by atoms with Gasteiger partial charge in [-0.15, -0.1) is 0 Å². The van der Waals surface area contributed by atoms with Crippen LogP contribution in [0, 0.1) is 12.7 Å². The fraction of sp³-hybridized carbons (Fsp3) is 0.200. The summed E-state index contributed by atoms with van der Waals surface area (Å²) in [5.74, 6) is -0.256. The molecule has 0 aliphatic carbocycles. The smallest absolute Gasteiger partial charge is 0.137 e. The van der Waals surface area contributed by atoms with Crippen LogP contribution in [0.5, 0.6) is 0 Å². The van der Waals surface area contributed by atoms with E-state index in [1.165, 1.54) is 6.07 Å². The van der Waals surface area contributed by atoms with Crippen LogP contribution in [-0.4, -0.2) is 0 Å². The maximum Gasteiger partial charge on any atom is 0.137 e. The van der Waals surface area contributed by atoms with Gasteiger partial charge in [-0.1, -0.05) is 46.3 Å². The molecular formula is C15H14Br2FN. The molecule has 0 fully saturated rings. The van der Waals surface area contributed by atoms with Crippen molar-refractivity contribution in [3.63, 3.8) is 0 Å². The predicted molar refractivity (Wildman–Crippen MR) is 83.6 cm³/mol. The number of nitrogens with two attached hydrogens (primary N) is 1. The lowest BCUT2D eigenvalue weighted by molar-refractivity contribution is 0.614. The van der Waals surface area contributed by atoms with Gasteiger partial charge >= 0.3 is 0 Å². The third-order valence-corrected chi connectivity index (χ3v) is 5.06. The first-order valence-corrected chi connectivity index (χ1v) is 7.52. The second kappa shape index (κ2) is 6.16. The molecule has 1 nitrogen and oxygen atoms in total. The summed E-state index contributed by atoms with van der Waals surface area (Å²) in [6, 6.07) is 10.8. The van der Waals surface area contributed by atoms with Crippen LogP contribution in [0.3, 0.4) is 0 Å². The van der Waals surface area contributed by atoms with E-state index in [2.05, 4.69) is 31.9 Å². The second-order valence-electron chi connectivity index (χ2n) is 4.50. The predicted octanol–water partition coefficient (Wildman–Crippen LogP) is 4.90. The van der Waals surface area contributed by atoms with Crippen molar-refractivity contribution in [1.29, 1.82) is 0 Å². The van der Waals surface area contributed by atoms with E-state index in [-0.39, 0.29) is 11.9 Å². The number of rotatable bonds is 3. The van der Waals surface area contributed by atoms with Crippen molar-refractivity contribution in [2.45, 2.75) is 19.4 Å². The van der Waals surface area contributed by atoms with Gasteiger partial charge in [-0.25, -0.2) is 4.39 Å². The van der Waals surface area contributed by atoms with Crippen molar-refractivity contribution < 1.29 is 4.39 Å². The summed E-state index contributed by atoms with van der Waals surface area (Å²) in [6.45, 7) is 2.03. The summed E-state index contributed by atoms with van der Waals surface area (Å²) in [4.78, 5) is 0. The normalized spacial score (nSPS) is 12.5. The minimum atomic E-state index is -0.256. The highest BCUT2D eigenvalue weighted by Gasteiger charge is 2.14. The van der Waals surface area contributed by atoms with Gasteiger partial charge in [0.2, 0.25) is 0 Å². The molecule has 2 aromatic rings. The van der Waals surface area contributed by atoms with Gasteiger partial charge in [-0.2, -0.15) is 0 Å². The minimum absolute atomic E-state index is 0.174. The lowest BCUT2D eigenvalue weighted by atomic mass is 9.98. The van der Waals surface area contributed by atoms with Crippen LogP contribution in [0.25, 0.3) is 0 Å².